The Balaban J connectivity index is 3.85. The van der Waals surface area contributed by atoms with E-state index in [4.69, 9.17) is 0 Å². The van der Waals surface area contributed by atoms with Gasteiger partial charge in [0, 0.05) is 26.2 Å². The van der Waals surface area contributed by atoms with Gasteiger partial charge in [-0.15, -0.1) is 0 Å². The van der Waals surface area contributed by atoms with E-state index in [0.29, 0.717) is 18.3 Å². The van der Waals surface area contributed by atoms with Crippen molar-refractivity contribution in [2.24, 2.45) is 17.8 Å². The molecule has 0 aromatic heterocycles. The molecule has 0 saturated carbocycles. The molecule has 3 unspecified atom stereocenters. The summed E-state index contributed by atoms with van der Waals surface area (Å²) in [6, 6.07) is 0. The molecule has 0 spiro atoms. The van der Waals surface area contributed by atoms with Crippen LogP contribution in [0.15, 0.2) is 0 Å². The van der Waals surface area contributed by atoms with Crippen LogP contribution in [0.3, 0.4) is 0 Å². The zero-order chi connectivity index (χ0) is 20.3. The number of carbonyl (C=O) groups is 1. The van der Waals surface area contributed by atoms with E-state index < -0.39 is 0 Å². The van der Waals surface area contributed by atoms with Gasteiger partial charge in [-0.1, -0.05) is 39.0 Å². The van der Waals surface area contributed by atoms with Crippen molar-refractivity contribution in [1.82, 2.24) is 0 Å². The van der Waals surface area contributed by atoms with E-state index in [1.54, 1.807) is 0 Å². The van der Waals surface area contributed by atoms with Crippen molar-refractivity contribution in [3.63, 3.8) is 0 Å². The van der Waals surface area contributed by atoms with Gasteiger partial charge in [0.05, 0.1) is 7.11 Å². The van der Waals surface area contributed by atoms with Crippen molar-refractivity contribution < 1.29 is 24.9 Å². The summed E-state index contributed by atoms with van der Waals surface area (Å²) in [5, 5.41) is 28.6. The second kappa shape index (κ2) is 18.7. The molecule has 0 amide bonds. The summed E-state index contributed by atoms with van der Waals surface area (Å²) in [4.78, 5) is 11.0. The van der Waals surface area contributed by atoms with E-state index >= 15 is 0 Å². The van der Waals surface area contributed by atoms with Gasteiger partial charge in [-0.25, -0.2) is 0 Å². The second-order valence-electron chi connectivity index (χ2n) is 7.97. The lowest BCUT2D eigenvalue weighted by molar-refractivity contribution is -0.140. The van der Waals surface area contributed by atoms with Gasteiger partial charge in [-0.05, 0) is 62.7 Å². The lowest BCUT2D eigenvalue weighted by Crippen LogP contribution is -2.14. The first kappa shape index (κ1) is 26.4. The predicted octanol–water partition coefficient (Wildman–Crippen LogP) is 4.08. The Morgan fingerprint density at radius 1 is 0.704 bits per heavy atom. The molecule has 5 nitrogen and oxygen atoms in total. The number of unbranched alkanes of at least 4 members (excludes halogenated alkanes) is 4. The van der Waals surface area contributed by atoms with Gasteiger partial charge in [0.2, 0.25) is 0 Å². The predicted molar refractivity (Wildman–Crippen MR) is 109 cm³/mol. The topological polar surface area (TPSA) is 87.0 Å². The summed E-state index contributed by atoms with van der Waals surface area (Å²) >= 11 is 0. The maximum atomic E-state index is 11.0. The molecule has 3 N–H and O–H groups in total. The molecule has 0 heterocycles. The average molecular weight is 389 g/mol. The summed E-state index contributed by atoms with van der Waals surface area (Å²) in [5.74, 6) is 0.826. The molecule has 0 aromatic rings. The number of carbonyl (C=O) groups excluding carboxylic acids is 1. The fraction of sp³-hybridized carbons (Fsp3) is 0.955. The molecular formula is C22H44O5. The van der Waals surface area contributed by atoms with Gasteiger partial charge in [0.25, 0.3) is 0 Å². The normalized spacial score (nSPS) is 14.7. The Hall–Kier alpha value is -0.650. The molecule has 0 radical (unpaired) electrons. The summed E-state index contributed by atoms with van der Waals surface area (Å²) in [6.07, 6.45) is 12.8. The van der Waals surface area contributed by atoms with Crippen LogP contribution in [0, 0.1) is 17.8 Å². The van der Waals surface area contributed by atoms with Crippen molar-refractivity contribution in [1.29, 1.82) is 0 Å². The molecule has 5 heteroatoms. The van der Waals surface area contributed by atoms with E-state index in [2.05, 4.69) is 11.7 Å². The van der Waals surface area contributed by atoms with E-state index in [1.807, 2.05) is 0 Å². The van der Waals surface area contributed by atoms with E-state index in [-0.39, 0.29) is 31.7 Å². The van der Waals surface area contributed by atoms with Crippen LogP contribution in [0.2, 0.25) is 0 Å². The highest BCUT2D eigenvalue weighted by Gasteiger charge is 2.15. The fourth-order valence-electron chi connectivity index (χ4n) is 3.67. The lowest BCUT2D eigenvalue weighted by Gasteiger charge is -2.21. The zero-order valence-electron chi connectivity index (χ0n) is 17.7. The largest absolute Gasteiger partial charge is 0.469 e. The molecule has 162 valence electrons. The molecule has 0 aromatic carbocycles. The van der Waals surface area contributed by atoms with Gasteiger partial charge in [0.1, 0.15) is 0 Å². The molecule has 3 atom stereocenters. The molecule has 0 aliphatic carbocycles. The Morgan fingerprint density at radius 2 is 1.15 bits per heavy atom. The summed E-state index contributed by atoms with van der Waals surface area (Å²) < 4.78 is 4.63. The third-order valence-corrected chi connectivity index (χ3v) is 5.66. The van der Waals surface area contributed by atoms with Gasteiger partial charge in [-0.2, -0.15) is 0 Å². The number of hydrogen-bond donors (Lipinski definition) is 3. The first-order chi connectivity index (χ1) is 13.1. The minimum atomic E-state index is -0.131. The van der Waals surface area contributed by atoms with Crippen LogP contribution < -0.4 is 0 Å². The SMILES string of the molecule is CCCC(CO)CCC(CO)CCC(CO)CCCCCCCC(=O)OC. The Kier molecular flexibility index (Phi) is 18.3. The monoisotopic (exact) mass is 388 g/mol. The minimum Gasteiger partial charge on any atom is -0.469 e. The van der Waals surface area contributed by atoms with Crippen LogP contribution in [-0.2, 0) is 9.53 Å². The highest BCUT2D eigenvalue weighted by atomic mass is 16.5. The van der Waals surface area contributed by atoms with E-state index in [1.165, 1.54) is 7.11 Å². The quantitative estimate of drug-likeness (QED) is 0.229. The minimum absolute atomic E-state index is 0.131. The maximum Gasteiger partial charge on any atom is 0.305 e. The molecular weight excluding hydrogens is 344 g/mol. The van der Waals surface area contributed by atoms with Crippen LogP contribution in [0.1, 0.15) is 90.4 Å². The van der Waals surface area contributed by atoms with Gasteiger partial charge in [-0.3, -0.25) is 4.79 Å². The summed E-state index contributed by atoms with van der Waals surface area (Å²) in [7, 11) is 1.43. The maximum absolute atomic E-state index is 11.0. The molecule has 27 heavy (non-hydrogen) atoms. The van der Waals surface area contributed by atoms with Crippen molar-refractivity contribution in [3.05, 3.63) is 0 Å². The Bertz CT molecular complexity index is 335. The van der Waals surface area contributed by atoms with Crippen molar-refractivity contribution in [3.8, 4) is 0 Å². The van der Waals surface area contributed by atoms with Crippen molar-refractivity contribution >= 4 is 5.97 Å². The van der Waals surface area contributed by atoms with Crippen LogP contribution in [-0.4, -0.2) is 48.2 Å². The third kappa shape index (κ3) is 15.0. The average Bonchev–Trinajstić information content (AvgIpc) is 2.69. The summed E-state index contributed by atoms with van der Waals surface area (Å²) in [6.45, 7) is 2.79. The molecule has 0 aliphatic heterocycles. The number of esters is 1. The first-order valence-electron chi connectivity index (χ1n) is 11.0. The highest BCUT2D eigenvalue weighted by Crippen LogP contribution is 2.24. The van der Waals surface area contributed by atoms with Crippen molar-refractivity contribution in [2.75, 3.05) is 26.9 Å². The summed E-state index contributed by atoms with van der Waals surface area (Å²) in [5.41, 5.74) is 0. The molecule has 0 fully saturated rings. The second-order valence-corrected chi connectivity index (χ2v) is 7.97. The standard InChI is InChI=1S/C22H44O5/c1-3-9-19(16-23)12-14-21(18-25)15-13-20(17-24)10-7-5-4-6-8-11-22(26)27-2/h19-21,23-25H,3-18H2,1-2H3. The zero-order valence-corrected chi connectivity index (χ0v) is 17.7. The Morgan fingerprint density at radius 3 is 1.63 bits per heavy atom. The first-order valence-corrected chi connectivity index (χ1v) is 11.0. The van der Waals surface area contributed by atoms with Crippen LogP contribution in [0.4, 0.5) is 0 Å². The number of aliphatic hydroxyl groups excluding tert-OH is 3. The van der Waals surface area contributed by atoms with Gasteiger partial charge in [0.15, 0.2) is 0 Å². The van der Waals surface area contributed by atoms with Crippen molar-refractivity contribution in [2.45, 2.75) is 90.4 Å². The van der Waals surface area contributed by atoms with E-state index in [9.17, 15) is 20.1 Å². The van der Waals surface area contributed by atoms with Crippen LogP contribution >= 0.6 is 0 Å². The lowest BCUT2D eigenvalue weighted by atomic mass is 9.87. The molecule has 0 bridgehead atoms. The van der Waals surface area contributed by atoms with Crippen LogP contribution in [0.5, 0.6) is 0 Å². The van der Waals surface area contributed by atoms with Crippen LogP contribution in [0.25, 0.3) is 0 Å². The number of hydrogen-bond acceptors (Lipinski definition) is 5. The number of rotatable bonds is 19. The highest BCUT2D eigenvalue weighted by molar-refractivity contribution is 5.68. The molecule has 0 rings (SSSR count). The fourth-order valence-corrected chi connectivity index (χ4v) is 3.67. The number of aliphatic hydroxyl groups is 3. The smallest absolute Gasteiger partial charge is 0.305 e. The van der Waals surface area contributed by atoms with Gasteiger partial charge < -0.3 is 20.1 Å². The Labute approximate surface area is 166 Å². The van der Waals surface area contributed by atoms with Gasteiger partial charge >= 0.3 is 5.97 Å². The molecule has 0 aliphatic rings. The molecule has 0 saturated heterocycles. The number of methoxy groups -OCH3 is 1. The number of ether oxygens (including phenoxy) is 1. The van der Waals surface area contributed by atoms with E-state index in [0.717, 1.165) is 77.0 Å². The third-order valence-electron chi connectivity index (χ3n) is 5.66.